The number of para-hydroxylation sites is 1. The maximum Gasteiger partial charge on any atom is 0.0465 e. The van der Waals surface area contributed by atoms with Crippen molar-refractivity contribution in [3.05, 3.63) is 223 Å². The summed E-state index contributed by atoms with van der Waals surface area (Å²) in [6.45, 7) is 4.77. The van der Waals surface area contributed by atoms with Crippen LogP contribution in [0.25, 0.3) is 76.8 Å². The number of rotatable bonds is 6. The number of hydrogen-bond acceptors (Lipinski definition) is 1. The molecule has 1 aliphatic rings. The lowest BCUT2D eigenvalue weighted by Crippen LogP contribution is -2.16. The monoisotopic (exact) mass is 739 g/mol. The summed E-state index contributed by atoms with van der Waals surface area (Å²) in [6.07, 6.45) is 0. The summed E-state index contributed by atoms with van der Waals surface area (Å²) in [6, 6.07) is 78.1. The summed E-state index contributed by atoms with van der Waals surface area (Å²) in [4.78, 5) is 2.39. The van der Waals surface area contributed by atoms with Gasteiger partial charge in [0.2, 0.25) is 0 Å². The molecule has 0 saturated carbocycles. The van der Waals surface area contributed by atoms with Crippen LogP contribution in [-0.4, -0.2) is 0 Å². The standard InChI is InChI=1S/C57H41N/c1-57(2)55-36-45(54-35-44-15-9-10-18-49(44)50-19-11-12-20-51(50)54)27-31-52(55)53-32-30-48(37-56(53)57)58(46-16-7-4-8-17-46)47-28-25-39(26-29-47)41-22-24-42-33-40(21-23-43(42)34-41)38-13-5-3-6-14-38/h3-37H,1-2H3. The fourth-order valence-corrected chi connectivity index (χ4v) is 9.39. The predicted molar refractivity (Wildman–Crippen MR) is 248 cm³/mol. The first-order valence-electron chi connectivity index (χ1n) is 20.2. The van der Waals surface area contributed by atoms with Crippen LogP contribution in [0.4, 0.5) is 17.1 Å². The Balaban J connectivity index is 0.948. The highest BCUT2D eigenvalue weighted by molar-refractivity contribution is 6.14. The molecule has 0 bridgehead atoms. The van der Waals surface area contributed by atoms with Crippen molar-refractivity contribution in [2.45, 2.75) is 19.3 Å². The minimum absolute atomic E-state index is 0.187. The normalized spacial score (nSPS) is 12.8. The van der Waals surface area contributed by atoms with E-state index in [-0.39, 0.29) is 5.41 Å². The summed E-state index contributed by atoms with van der Waals surface area (Å²) in [5, 5.41) is 7.65. The van der Waals surface area contributed by atoms with E-state index >= 15 is 0 Å². The zero-order valence-electron chi connectivity index (χ0n) is 32.7. The molecule has 0 radical (unpaired) electrons. The first-order valence-corrected chi connectivity index (χ1v) is 20.2. The van der Waals surface area contributed by atoms with E-state index in [1.807, 2.05) is 0 Å². The molecule has 0 N–H and O–H groups in total. The Hall–Kier alpha value is -7.22. The van der Waals surface area contributed by atoms with Crippen molar-refractivity contribution < 1.29 is 0 Å². The zero-order chi connectivity index (χ0) is 38.8. The second kappa shape index (κ2) is 13.5. The molecule has 1 nitrogen and oxygen atoms in total. The van der Waals surface area contributed by atoms with Crippen LogP contribution in [0.3, 0.4) is 0 Å². The Labute approximate surface area is 340 Å². The van der Waals surface area contributed by atoms with Crippen molar-refractivity contribution in [1.29, 1.82) is 0 Å². The van der Waals surface area contributed by atoms with Crippen molar-refractivity contribution in [3.63, 3.8) is 0 Å². The van der Waals surface area contributed by atoms with Crippen molar-refractivity contribution >= 4 is 49.4 Å². The van der Waals surface area contributed by atoms with Gasteiger partial charge in [-0.05, 0) is 149 Å². The van der Waals surface area contributed by atoms with Gasteiger partial charge in [0.25, 0.3) is 0 Å². The summed E-state index contributed by atoms with van der Waals surface area (Å²) in [7, 11) is 0. The summed E-state index contributed by atoms with van der Waals surface area (Å²) >= 11 is 0. The average Bonchev–Trinajstić information content (AvgIpc) is 3.51. The minimum Gasteiger partial charge on any atom is -0.310 e. The summed E-state index contributed by atoms with van der Waals surface area (Å²) < 4.78 is 0. The molecular formula is C57H41N. The van der Waals surface area contributed by atoms with Crippen LogP contribution in [0.15, 0.2) is 212 Å². The smallest absolute Gasteiger partial charge is 0.0465 e. The van der Waals surface area contributed by atoms with Crippen LogP contribution in [0.2, 0.25) is 0 Å². The molecule has 0 aliphatic heterocycles. The van der Waals surface area contributed by atoms with Gasteiger partial charge >= 0.3 is 0 Å². The number of nitrogens with zero attached hydrogens (tertiary/aromatic N) is 1. The van der Waals surface area contributed by atoms with E-state index in [0.717, 1.165) is 17.1 Å². The van der Waals surface area contributed by atoms with Gasteiger partial charge in [0.05, 0.1) is 0 Å². The third-order valence-electron chi connectivity index (χ3n) is 12.4. The van der Waals surface area contributed by atoms with E-state index in [0.29, 0.717) is 0 Å². The molecule has 0 saturated heterocycles. The lowest BCUT2D eigenvalue weighted by atomic mass is 9.81. The van der Waals surface area contributed by atoms with E-state index < -0.39 is 0 Å². The first kappa shape index (κ1) is 34.1. The third kappa shape index (κ3) is 5.62. The number of fused-ring (bicyclic) bond motifs is 7. The Bertz CT molecular complexity index is 3180. The maximum absolute atomic E-state index is 2.45. The molecule has 0 unspecified atom stereocenters. The molecule has 0 atom stereocenters. The lowest BCUT2D eigenvalue weighted by Gasteiger charge is -2.28. The molecule has 11 rings (SSSR count). The van der Waals surface area contributed by atoms with E-state index in [2.05, 4.69) is 231 Å². The summed E-state index contributed by atoms with van der Waals surface area (Å²) in [5.41, 5.74) is 16.0. The van der Waals surface area contributed by atoms with Crippen molar-refractivity contribution in [3.8, 4) is 44.5 Å². The number of benzene rings is 10. The van der Waals surface area contributed by atoms with Crippen LogP contribution in [0.1, 0.15) is 25.0 Å². The van der Waals surface area contributed by atoms with Crippen LogP contribution in [0, 0.1) is 0 Å². The Kier molecular flexibility index (Phi) is 7.91. The maximum atomic E-state index is 2.45. The van der Waals surface area contributed by atoms with Gasteiger partial charge < -0.3 is 4.90 Å². The third-order valence-corrected chi connectivity index (χ3v) is 12.4. The van der Waals surface area contributed by atoms with Gasteiger partial charge in [-0.15, -0.1) is 0 Å². The predicted octanol–water partition coefficient (Wildman–Crippen LogP) is 15.9. The highest BCUT2D eigenvalue weighted by atomic mass is 15.1. The quantitative estimate of drug-likeness (QED) is 0.154. The minimum atomic E-state index is -0.187. The molecular weight excluding hydrogens is 699 g/mol. The van der Waals surface area contributed by atoms with Crippen LogP contribution >= 0.6 is 0 Å². The Morgan fingerprint density at radius 1 is 0.293 bits per heavy atom. The van der Waals surface area contributed by atoms with Crippen molar-refractivity contribution in [2.75, 3.05) is 4.90 Å². The Morgan fingerprint density at radius 3 is 1.50 bits per heavy atom. The van der Waals surface area contributed by atoms with E-state index in [9.17, 15) is 0 Å². The molecule has 1 aliphatic carbocycles. The highest BCUT2D eigenvalue weighted by Crippen LogP contribution is 2.52. The van der Waals surface area contributed by atoms with Crippen LogP contribution in [0.5, 0.6) is 0 Å². The van der Waals surface area contributed by atoms with Gasteiger partial charge in [0, 0.05) is 22.5 Å². The largest absolute Gasteiger partial charge is 0.310 e. The zero-order valence-corrected chi connectivity index (χ0v) is 32.7. The highest BCUT2D eigenvalue weighted by Gasteiger charge is 2.36. The fraction of sp³-hybridized carbons (Fsp3) is 0.0526. The molecule has 1 heteroatoms. The molecule has 0 fully saturated rings. The van der Waals surface area contributed by atoms with Crippen LogP contribution < -0.4 is 4.90 Å². The lowest BCUT2D eigenvalue weighted by molar-refractivity contribution is 0.660. The topological polar surface area (TPSA) is 3.24 Å². The van der Waals surface area contributed by atoms with Gasteiger partial charge in [-0.1, -0.05) is 166 Å². The molecule has 0 aromatic heterocycles. The van der Waals surface area contributed by atoms with Gasteiger partial charge in [0.1, 0.15) is 0 Å². The second-order valence-corrected chi connectivity index (χ2v) is 16.2. The molecule has 10 aromatic carbocycles. The van der Waals surface area contributed by atoms with Crippen molar-refractivity contribution in [2.24, 2.45) is 0 Å². The first-order chi connectivity index (χ1) is 28.5. The molecule has 0 amide bonds. The Morgan fingerprint density at radius 2 is 0.793 bits per heavy atom. The molecule has 274 valence electrons. The summed E-state index contributed by atoms with van der Waals surface area (Å²) in [5.74, 6) is 0. The van der Waals surface area contributed by atoms with E-state index in [1.165, 1.54) is 88.0 Å². The second-order valence-electron chi connectivity index (χ2n) is 16.2. The molecule has 0 spiro atoms. The van der Waals surface area contributed by atoms with Gasteiger partial charge in [-0.2, -0.15) is 0 Å². The van der Waals surface area contributed by atoms with Crippen molar-refractivity contribution in [1.82, 2.24) is 0 Å². The number of hydrogen-bond donors (Lipinski definition) is 0. The number of anilines is 3. The average molecular weight is 740 g/mol. The van der Waals surface area contributed by atoms with Gasteiger partial charge in [-0.25, -0.2) is 0 Å². The SMILES string of the molecule is CC1(C)c2cc(-c3cc4ccccc4c4ccccc34)ccc2-c2ccc(N(c3ccccc3)c3ccc(-c4ccc5cc(-c6ccccc6)ccc5c4)cc3)cc21. The van der Waals surface area contributed by atoms with E-state index in [4.69, 9.17) is 0 Å². The molecule has 0 heterocycles. The fourth-order valence-electron chi connectivity index (χ4n) is 9.39. The van der Waals surface area contributed by atoms with Gasteiger partial charge in [-0.3, -0.25) is 0 Å². The van der Waals surface area contributed by atoms with Gasteiger partial charge in [0.15, 0.2) is 0 Å². The van der Waals surface area contributed by atoms with Crippen LogP contribution in [-0.2, 0) is 5.41 Å². The molecule has 58 heavy (non-hydrogen) atoms. The molecule has 10 aromatic rings. The van der Waals surface area contributed by atoms with E-state index in [1.54, 1.807) is 0 Å².